The number of aromatic nitrogens is 1. The summed E-state index contributed by atoms with van der Waals surface area (Å²) in [7, 11) is 0. The average molecular weight is 372 g/mol. The van der Waals surface area contributed by atoms with Crippen molar-refractivity contribution in [1.82, 2.24) is 10.3 Å². The van der Waals surface area contributed by atoms with Gasteiger partial charge in [0.15, 0.2) is 6.10 Å². The maximum Gasteiger partial charge on any atom is 0.265 e. The standard InChI is InChI=1S/C17H21N3O2.2ClH/c1-3-18-11-14-6-4-7-15(10-14)20-17(21)13(2)22-16-8-5-9-19-12-16;;/h4-10,12-13,18H,3,11H2,1-2H3,(H,20,21);2*1H. The third-order valence-corrected chi connectivity index (χ3v) is 3.09. The normalized spacial score (nSPS) is 10.8. The zero-order valence-electron chi connectivity index (χ0n) is 13.7. The molecule has 0 fully saturated rings. The fourth-order valence-corrected chi connectivity index (χ4v) is 1.95. The molecule has 1 unspecified atom stereocenters. The third kappa shape index (κ3) is 7.17. The molecule has 2 N–H and O–H groups in total. The zero-order chi connectivity index (χ0) is 15.8. The van der Waals surface area contributed by atoms with E-state index in [9.17, 15) is 4.79 Å². The van der Waals surface area contributed by atoms with Crippen molar-refractivity contribution in [3.8, 4) is 5.75 Å². The number of amides is 1. The summed E-state index contributed by atoms with van der Waals surface area (Å²) in [4.78, 5) is 16.1. The molecule has 0 bridgehead atoms. The second-order valence-electron chi connectivity index (χ2n) is 4.92. The van der Waals surface area contributed by atoms with Crippen LogP contribution in [0.5, 0.6) is 5.75 Å². The first-order valence-corrected chi connectivity index (χ1v) is 7.36. The lowest BCUT2D eigenvalue weighted by molar-refractivity contribution is -0.122. The summed E-state index contributed by atoms with van der Waals surface area (Å²) in [5.74, 6) is 0.385. The number of benzene rings is 1. The third-order valence-electron chi connectivity index (χ3n) is 3.09. The van der Waals surface area contributed by atoms with Gasteiger partial charge in [-0.05, 0) is 43.3 Å². The first kappa shape index (κ1) is 22.2. The van der Waals surface area contributed by atoms with Crippen LogP contribution in [0.1, 0.15) is 19.4 Å². The monoisotopic (exact) mass is 371 g/mol. The maximum atomic E-state index is 12.2. The van der Waals surface area contributed by atoms with Crippen LogP contribution in [-0.2, 0) is 11.3 Å². The molecule has 1 amide bonds. The van der Waals surface area contributed by atoms with Crippen molar-refractivity contribution >= 4 is 36.4 Å². The fourth-order valence-electron chi connectivity index (χ4n) is 1.95. The van der Waals surface area contributed by atoms with E-state index < -0.39 is 6.10 Å². The predicted octanol–water partition coefficient (Wildman–Crippen LogP) is 3.44. The molecule has 24 heavy (non-hydrogen) atoms. The molecule has 2 rings (SSSR count). The van der Waals surface area contributed by atoms with E-state index in [1.165, 1.54) is 0 Å². The fraction of sp³-hybridized carbons (Fsp3) is 0.294. The Bertz CT molecular complexity index is 612. The number of hydrogen-bond acceptors (Lipinski definition) is 4. The Morgan fingerprint density at radius 3 is 2.71 bits per heavy atom. The molecular weight excluding hydrogens is 349 g/mol. The quantitative estimate of drug-likeness (QED) is 0.782. The number of carbonyl (C=O) groups excluding carboxylic acids is 1. The van der Waals surface area contributed by atoms with E-state index in [1.807, 2.05) is 24.3 Å². The van der Waals surface area contributed by atoms with E-state index in [-0.39, 0.29) is 30.7 Å². The molecule has 5 nitrogen and oxygen atoms in total. The van der Waals surface area contributed by atoms with Crippen LogP contribution in [-0.4, -0.2) is 23.5 Å². The van der Waals surface area contributed by atoms with Gasteiger partial charge in [0.2, 0.25) is 0 Å². The number of ether oxygens (including phenoxy) is 1. The Hall–Kier alpha value is -1.82. The molecule has 0 aliphatic carbocycles. The molecular formula is C17H23Cl2N3O2. The molecule has 2 aromatic rings. The van der Waals surface area contributed by atoms with Crippen molar-refractivity contribution in [2.75, 3.05) is 11.9 Å². The smallest absolute Gasteiger partial charge is 0.265 e. The Labute approximate surface area is 155 Å². The van der Waals surface area contributed by atoms with Crippen LogP contribution in [0, 0.1) is 0 Å². The van der Waals surface area contributed by atoms with Gasteiger partial charge >= 0.3 is 0 Å². The van der Waals surface area contributed by atoms with E-state index in [0.717, 1.165) is 24.3 Å². The molecule has 0 saturated heterocycles. The van der Waals surface area contributed by atoms with Gasteiger partial charge in [-0.1, -0.05) is 19.1 Å². The molecule has 0 aliphatic rings. The number of nitrogens with one attached hydrogen (secondary N) is 2. The molecule has 1 heterocycles. The van der Waals surface area contributed by atoms with Crippen LogP contribution >= 0.6 is 24.8 Å². The minimum Gasteiger partial charge on any atom is -0.479 e. The van der Waals surface area contributed by atoms with Gasteiger partial charge in [-0.25, -0.2) is 0 Å². The highest BCUT2D eigenvalue weighted by Crippen LogP contribution is 2.13. The highest BCUT2D eigenvalue weighted by molar-refractivity contribution is 5.94. The molecule has 1 aromatic heterocycles. The Kier molecular flexibility index (Phi) is 10.8. The van der Waals surface area contributed by atoms with E-state index >= 15 is 0 Å². The van der Waals surface area contributed by atoms with Crippen molar-refractivity contribution in [2.24, 2.45) is 0 Å². The van der Waals surface area contributed by atoms with Crippen molar-refractivity contribution in [2.45, 2.75) is 26.5 Å². The summed E-state index contributed by atoms with van der Waals surface area (Å²) in [5.41, 5.74) is 1.89. The predicted molar refractivity (Wildman–Crippen MR) is 101 cm³/mol. The summed E-state index contributed by atoms with van der Waals surface area (Å²) in [6, 6.07) is 11.3. The van der Waals surface area contributed by atoms with Crippen LogP contribution in [0.15, 0.2) is 48.8 Å². The molecule has 7 heteroatoms. The van der Waals surface area contributed by atoms with Gasteiger partial charge in [-0.15, -0.1) is 24.8 Å². The second-order valence-corrected chi connectivity index (χ2v) is 4.92. The van der Waals surface area contributed by atoms with Crippen molar-refractivity contribution < 1.29 is 9.53 Å². The van der Waals surface area contributed by atoms with Crippen LogP contribution in [0.2, 0.25) is 0 Å². The van der Waals surface area contributed by atoms with Gasteiger partial charge in [-0.2, -0.15) is 0 Å². The Morgan fingerprint density at radius 1 is 1.25 bits per heavy atom. The van der Waals surface area contributed by atoms with Gasteiger partial charge in [0.25, 0.3) is 5.91 Å². The highest BCUT2D eigenvalue weighted by atomic mass is 35.5. The molecule has 0 radical (unpaired) electrons. The number of nitrogens with zero attached hydrogens (tertiary/aromatic N) is 1. The van der Waals surface area contributed by atoms with E-state index in [2.05, 4.69) is 22.5 Å². The molecule has 0 aliphatic heterocycles. The minimum atomic E-state index is -0.596. The number of carbonyl (C=O) groups is 1. The summed E-state index contributed by atoms with van der Waals surface area (Å²) < 4.78 is 5.56. The topological polar surface area (TPSA) is 63.2 Å². The van der Waals surface area contributed by atoms with Crippen molar-refractivity contribution in [1.29, 1.82) is 0 Å². The van der Waals surface area contributed by atoms with Gasteiger partial charge < -0.3 is 15.4 Å². The summed E-state index contributed by atoms with van der Waals surface area (Å²) in [5, 5.41) is 6.12. The van der Waals surface area contributed by atoms with E-state index in [4.69, 9.17) is 4.74 Å². The number of anilines is 1. The molecule has 1 aromatic carbocycles. The number of rotatable bonds is 7. The SMILES string of the molecule is CCNCc1cccc(NC(=O)C(C)Oc2cccnc2)c1.Cl.Cl. The highest BCUT2D eigenvalue weighted by Gasteiger charge is 2.15. The molecule has 132 valence electrons. The lowest BCUT2D eigenvalue weighted by Gasteiger charge is -2.15. The number of pyridine rings is 1. The summed E-state index contributed by atoms with van der Waals surface area (Å²) >= 11 is 0. The molecule has 0 saturated carbocycles. The Balaban J connectivity index is 0.00000264. The van der Waals surface area contributed by atoms with Gasteiger partial charge in [-0.3, -0.25) is 9.78 Å². The van der Waals surface area contributed by atoms with Crippen LogP contribution in [0.4, 0.5) is 5.69 Å². The maximum absolute atomic E-state index is 12.2. The minimum absolute atomic E-state index is 0. The zero-order valence-corrected chi connectivity index (χ0v) is 15.3. The number of hydrogen-bond donors (Lipinski definition) is 2. The van der Waals surface area contributed by atoms with E-state index in [1.54, 1.807) is 31.5 Å². The van der Waals surface area contributed by atoms with Crippen molar-refractivity contribution in [3.63, 3.8) is 0 Å². The first-order chi connectivity index (χ1) is 10.7. The largest absolute Gasteiger partial charge is 0.479 e. The van der Waals surface area contributed by atoms with Crippen molar-refractivity contribution in [3.05, 3.63) is 54.4 Å². The van der Waals surface area contributed by atoms with E-state index in [0.29, 0.717) is 5.75 Å². The van der Waals surface area contributed by atoms with Crippen LogP contribution < -0.4 is 15.4 Å². The first-order valence-electron chi connectivity index (χ1n) is 7.36. The van der Waals surface area contributed by atoms with Crippen LogP contribution in [0.25, 0.3) is 0 Å². The average Bonchev–Trinajstić information content (AvgIpc) is 2.54. The second kappa shape index (κ2) is 11.7. The summed E-state index contributed by atoms with van der Waals surface area (Å²) in [6.07, 6.45) is 2.65. The Morgan fingerprint density at radius 2 is 2.04 bits per heavy atom. The van der Waals surface area contributed by atoms with Gasteiger partial charge in [0, 0.05) is 18.4 Å². The number of halogens is 2. The van der Waals surface area contributed by atoms with Crippen LogP contribution in [0.3, 0.4) is 0 Å². The molecule has 0 spiro atoms. The lowest BCUT2D eigenvalue weighted by atomic mass is 10.2. The van der Waals surface area contributed by atoms with Gasteiger partial charge in [0.05, 0.1) is 6.20 Å². The lowest BCUT2D eigenvalue weighted by Crippen LogP contribution is -2.30. The van der Waals surface area contributed by atoms with Gasteiger partial charge in [0.1, 0.15) is 5.75 Å². The molecule has 1 atom stereocenters. The summed E-state index contributed by atoms with van der Waals surface area (Å²) in [6.45, 7) is 5.46.